The highest BCUT2D eigenvalue weighted by atomic mass is 32.2. The van der Waals surface area contributed by atoms with Crippen LogP contribution in [-0.2, 0) is 4.74 Å². The smallest absolute Gasteiger partial charge is 0.120 e. The Hall–Kier alpha value is -1.15. The van der Waals surface area contributed by atoms with Crippen molar-refractivity contribution in [2.45, 2.75) is 5.25 Å². The topological polar surface area (TPSA) is 44.5 Å². The monoisotopic (exact) mass is 263 g/mol. The summed E-state index contributed by atoms with van der Waals surface area (Å²) >= 11 is 1.91. The van der Waals surface area contributed by atoms with E-state index in [0.717, 1.165) is 36.9 Å². The Labute approximate surface area is 112 Å². The van der Waals surface area contributed by atoms with Crippen LogP contribution in [0.25, 0.3) is 0 Å². The number of nitrogens with two attached hydrogens (primary N) is 1. The molecule has 0 amide bonds. The molecule has 1 heterocycles. The van der Waals surface area contributed by atoms with Crippen molar-refractivity contribution in [2.75, 3.05) is 32.1 Å². The number of ether oxygens (including phenoxy) is 2. The summed E-state index contributed by atoms with van der Waals surface area (Å²) in [5.74, 6) is 7.69. The first-order chi connectivity index (χ1) is 8.88. The van der Waals surface area contributed by atoms with E-state index >= 15 is 0 Å². The molecule has 0 saturated carbocycles. The summed E-state index contributed by atoms with van der Waals surface area (Å²) in [4.78, 5) is 0. The van der Waals surface area contributed by atoms with Gasteiger partial charge in [0.2, 0.25) is 0 Å². The summed E-state index contributed by atoms with van der Waals surface area (Å²) in [7, 11) is 0. The Morgan fingerprint density at radius 1 is 1.44 bits per heavy atom. The molecule has 1 aliphatic heterocycles. The average Bonchev–Trinajstić information content (AvgIpc) is 2.34. The fraction of sp³-hybridized carbons (Fsp3) is 0.429. The van der Waals surface area contributed by atoms with Crippen LogP contribution < -0.4 is 10.5 Å². The van der Waals surface area contributed by atoms with Crippen LogP contribution in [0.5, 0.6) is 5.75 Å². The lowest BCUT2D eigenvalue weighted by molar-refractivity contribution is 0.0454. The van der Waals surface area contributed by atoms with Gasteiger partial charge in [-0.15, -0.1) is 0 Å². The minimum absolute atomic E-state index is 0.380. The minimum Gasteiger partial charge on any atom is -0.493 e. The number of thioether (sulfide) groups is 1. The maximum Gasteiger partial charge on any atom is 0.120 e. The third kappa shape index (κ3) is 4.26. The first kappa shape index (κ1) is 13.3. The molecule has 18 heavy (non-hydrogen) atoms. The van der Waals surface area contributed by atoms with Crippen LogP contribution >= 0.6 is 11.8 Å². The van der Waals surface area contributed by atoms with Crippen molar-refractivity contribution in [3.05, 3.63) is 29.8 Å². The lowest BCUT2D eigenvalue weighted by Crippen LogP contribution is -2.31. The van der Waals surface area contributed by atoms with Crippen LogP contribution in [0.4, 0.5) is 0 Å². The van der Waals surface area contributed by atoms with E-state index in [1.165, 1.54) is 0 Å². The Balaban J connectivity index is 1.74. The van der Waals surface area contributed by atoms with Crippen molar-refractivity contribution < 1.29 is 9.47 Å². The normalized spacial score (nSPS) is 14.5. The van der Waals surface area contributed by atoms with E-state index < -0.39 is 0 Å². The maximum atomic E-state index is 5.68. The molecule has 0 radical (unpaired) electrons. The van der Waals surface area contributed by atoms with Gasteiger partial charge in [-0.3, -0.25) is 0 Å². The second-order valence-electron chi connectivity index (χ2n) is 3.91. The van der Waals surface area contributed by atoms with Crippen LogP contribution in [0.1, 0.15) is 5.56 Å². The highest BCUT2D eigenvalue weighted by Gasteiger charge is 2.17. The van der Waals surface area contributed by atoms with Gasteiger partial charge in [-0.2, -0.15) is 11.8 Å². The molecule has 1 saturated heterocycles. The van der Waals surface area contributed by atoms with Crippen LogP contribution in [0.2, 0.25) is 0 Å². The molecule has 1 aromatic carbocycles. The lowest BCUT2D eigenvalue weighted by atomic mass is 10.2. The zero-order chi connectivity index (χ0) is 12.6. The van der Waals surface area contributed by atoms with Gasteiger partial charge in [0.25, 0.3) is 0 Å². The Morgan fingerprint density at radius 2 is 2.33 bits per heavy atom. The minimum atomic E-state index is 0.380. The van der Waals surface area contributed by atoms with Crippen molar-refractivity contribution in [3.63, 3.8) is 0 Å². The van der Waals surface area contributed by atoms with Gasteiger partial charge in [0, 0.05) is 11.3 Å². The van der Waals surface area contributed by atoms with Gasteiger partial charge in [0.05, 0.1) is 31.6 Å². The molecule has 0 aromatic heterocycles. The van der Waals surface area contributed by atoms with E-state index in [0.29, 0.717) is 11.8 Å². The standard InChI is InChI=1S/C14H17NO2S/c15-6-2-4-12-3-1-5-13(9-12)17-7-8-18-14-10-16-11-14/h1,3,5,9,14H,6-8,10-11,15H2. The largest absolute Gasteiger partial charge is 0.493 e. The second-order valence-corrected chi connectivity index (χ2v) is 5.32. The molecule has 0 bridgehead atoms. The molecule has 96 valence electrons. The van der Waals surface area contributed by atoms with Crippen LogP contribution in [0.3, 0.4) is 0 Å². The number of hydrogen-bond donors (Lipinski definition) is 1. The van der Waals surface area contributed by atoms with Crippen molar-refractivity contribution in [3.8, 4) is 17.6 Å². The van der Waals surface area contributed by atoms with Gasteiger partial charge in [-0.25, -0.2) is 0 Å². The molecular formula is C14H17NO2S. The van der Waals surface area contributed by atoms with E-state index in [-0.39, 0.29) is 0 Å². The molecule has 2 rings (SSSR count). The van der Waals surface area contributed by atoms with Crippen molar-refractivity contribution in [1.82, 2.24) is 0 Å². The van der Waals surface area contributed by atoms with Gasteiger partial charge in [0.15, 0.2) is 0 Å². The summed E-state index contributed by atoms with van der Waals surface area (Å²) in [6.07, 6.45) is 0. The first-order valence-corrected chi connectivity index (χ1v) is 7.04. The number of benzene rings is 1. The summed E-state index contributed by atoms with van der Waals surface area (Å²) in [5.41, 5.74) is 6.28. The Kier molecular flexibility index (Phi) is 5.40. The third-order valence-electron chi connectivity index (χ3n) is 2.48. The number of rotatable bonds is 5. The molecule has 2 N–H and O–H groups in total. The zero-order valence-electron chi connectivity index (χ0n) is 10.2. The van der Waals surface area contributed by atoms with E-state index in [4.69, 9.17) is 15.2 Å². The highest BCUT2D eigenvalue weighted by Crippen LogP contribution is 2.19. The van der Waals surface area contributed by atoms with Gasteiger partial charge < -0.3 is 15.2 Å². The molecule has 1 aromatic rings. The van der Waals surface area contributed by atoms with Gasteiger partial charge in [0.1, 0.15) is 5.75 Å². The number of hydrogen-bond acceptors (Lipinski definition) is 4. The predicted molar refractivity (Wildman–Crippen MR) is 74.9 cm³/mol. The molecular weight excluding hydrogens is 246 g/mol. The lowest BCUT2D eigenvalue weighted by Gasteiger charge is -2.25. The summed E-state index contributed by atoms with van der Waals surface area (Å²) < 4.78 is 10.8. The van der Waals surface area contributed by atoms with E-state index in [2.05, 4.69) is 11.8 Å². The molecule has 4 heteroatoms. The first-order valence-electron chi connectivity index (χ1n) is 5.99. The van der Waals surface area contributed by atoms with Gasteiger partial charge >= 0.3 is 0 Å². The molecule has 1 fully saturated rings. The zero-order valence-corrected chi connectivity index (χ0v) is 11.0. The second kappa shape index (κ2) is 7.32. The Bertz CT molecular complexity index is 435. The van der Waals surface area contributed by atoms with Crippen molar-refractivity contribution in [2.24, 2.45) is 5.73 Å². The average molecular weight is 263 g/mol. The van der Waals surface area contributed by atoms with Crippen molar-refractivity contribution >= 4 is 11.8 Å². The predicted octanol–water partition coefficient (Wildman–Crippen LogP) is 1.51. The van der Waals surface area contributed by atoms with Crippen molar-refractivity contribution in [1.29, 1.82) is 0 Å². The van der Waals surface area contributed by atoms with E-state index in [9.17, 15) is 0 Å². The molecule has 0 spiro atoms. The van der Waals surface area contributed by atoms with E-state index in [1.54, 1.807) is 0 Å². The van der Waals surface area contributed by atoms with Gasteiger partial charge in [-0.05, 0) is 18.2 Å². The molecule has 1 aliphatic rings. The summed E-state index contributed by atoms with van der Waals surface area (Å²) in [6, 6.07) is 7.79. The van der Waals surface area contributed by atoms with Crippen LogP contribution in [-0.4, -0.2) is 37.4 Å². The fourth-order valence-corrected chi connectivity index (χ4v) is 2.40. The van der Waals surface area contributed by atoms with Crippen LogP contribution in [0, 0.1) is 11.8 Å². The molecule has 0 aliphatic carbocycles. The quantitative estimate of drug-likeness (QED) is 0.646. The molecule has 0 atom stereocenters. The van der Waals surface area contributed by atoms with E-state index in [1.807, 2.05) is 36.0 Å². The maximum absolute atomic E-state index is 5.68. The highest BCUT2D eigenvalue weighted by molar-refractivity contribution is 8.00. The van der Waals surface area contributed by atoms with Gasteiger partial charge in [-0.1, -0.05) is 17.9 Å². The van der Waals surface area contributed by atoms with Crippen LogP contribution in [0.15, 0.2) is 24.3 Å². The fourth-order valence-electron chi connectivity index (χ4n) is 1.50. The third-order valence-corrected chi connectivity index (χ3v) is 3.63. The Morgan fingerprint density at radius 3 is 3.06 bits per heavy atom. The SMILES string of the molecule is NCC#Cc1cccc(OCCSC2COC2)c1. The molecule has 0 unspecified atom stereocenters. The summed E-state index contributed by atoms with van der Waals surface area (Å²) in [5, 5.41) is 0.662. The molecule has 3 nitrogen and oxygen atoms in total. The summed E-state index contributed by atoms with van der Waals surface area (Å²) in [6.45, 7) is 2.86.